The van der Waals surface area contributed by atoms with Gasteiger partial charge in [0.25, 0.3) is 0 Å². The van der Waals surface area contributed by atoms with E-state index in [1.807, 2.05) is 12.1 Å². The number of rotatable bonds is 16. The molecule has 0 saturated carbocycles. The van der Waals surface area contributed by atoms with Crippen molar-refractivity contribution in [2.45, 2.75) is 70.5 Å². The van der Waals surface area contributed by atoms with Crippen LogP contribution in [0.5, 0.6) is 5.75 Å². The highest BCUT2D eigenvalue weighted by Gasteiger charge is 2.41. The van der Waals surface area contributed by atoms with Gasteiger partial charge in [0.2, 0.25) is 0 Å². The topological polar surface area (TPSA) is 116 Å². The van der Waals surface area contributed by atoms with E-state index in [1.54, 1.807) is 0 Å². The quantitative estimate of drug-likeness (QED) is 0.169. The molecule has 1 aliphatic carbocycles. The number of ether oxygens (including phenoxy) is 2. The average molecular weight is 530 g/mol. The van der Waals surface area contributed by atoms with Gasteiger partial charge in [-0.05, 0) is 65.7 Å². The molecular formula is C27H44FNO8. The van der Waals surface area contributed by atoms with Crippen LogP contribution in [0.3, 0.4) is 0 Å². The summed E-state index contributed by atoms with van der Waals surface area (Å²) in [6, 6.07) is 6.01. The van der Waals surface area contributed by atoms with Gasteiger partial charge in [0, 0.05) is 13.1 Å². The van der Waals surface area contributed by atoms with E-state index in [4.69, 9.17) is 14.6 Å². The second-order valence-electron chi connectivity index (χ2n) is 9.52. The molecule has 4 atom stereocenters. The Morgan fingerprint density at radius 1 is 1.24 bits per heavy atom. The zero-order valence-electron chi connectivity index (χ0n) is 22.2. The Kier molecular flexibility index (Phi) is 15.6. The molecule has 9 nitrogen and oxygen atoms in total. The van der Waals surface area contributed by atoms with E-state index in [9.17, 15) is 14.4 Å². The fourth-order valence-corrected chi connectivity index (χ4v) is 4.99. The summed E-state index contributed by atoms with van der Waals surface area (Å²) >= 11 is 0. The van der Waals surface area contributed by atoms with Crippen LogP contribution in [0, 0.1) is 11.8 Å². The van der Waals surface area contributed by atoms with Crippen LogP contribution < -0.4 is 10.1 Å². The molecule has 1 saturated heterocycles. The minimum absolute atomic E-state index is 0.0417. The van der Waals surface area contributed by atoms with E-state index in [-0.39, 0.29) is 32.0 Å². The first-order valence-electron chi connectivity index (χ1n) is 13.4. The number of unbranched alkanes of at least 4 members (excludes halogenated alkanes) is 2. The Hall–Kier alpha value is -1.82. The monoisotopic (exact) mass is 529 g/mol. The molecule has 0 bridgehead atoms. The van der Waals surface area contributed by atoms with Gasteiger partial charge in [0.15, 0.2) is 6.61 Å². The van der Waals surface area contributed by atoms with Crippen LogP contribution >= 0.6 is 0 Å². The van der Waals surface area contributed by atoms with Gasteiger partial charge in [-0.1, -0.05) is 38.3 Å². The van der Waals surface area contributed by atoms with Crippen molar-refractivity contribution >= 4 is 5.97 Å². The van der Waals surface area contributed by atoms with Gasteiger partial charge in [0.05, 0.1) is 32.5 Å². The number of fused-ring (bicyclic) bond motifs is 2. The lowest BCUT2D eigenvalue weighted by Gasteiger charge is -2.30. The lowest BCUT2D eigenvalue weighted by Crippen LogP contribution is -2.30. The summed E-state index contributed by atoms with van der Waals surface area (Å²) in [5, 5.41) is 21.1. The van der Waals surface area contributed by atoms with Crippen molar-refractivity contribution in [2.24, 2.45) is 11.8 Å². The summed E-state index contributed by atoms with van der Waals surface area (Å²) in [6.45, 7) is 3.81. The van der Waals surface area contributed by atoms with Gasteiger partial charge in [-0.2, -0.15) is 9.83 Å². The molecule has 2 aliphatic rings. The molecule has 0 amide bonds. The van der Waals surface area contributed by atoms with Crippen molar-refractivity contribution < 1.29 is 43.7 Å². The molecular weight excluding hydrogens is 485 g/mol. The largest absolute Gasteiger partial charge is 0.481 e. The van der Waals surface area contributed by atoms with E-state index >= 15 is 0 Å². The van der Waals surface area contributed by atoms with E-state index in [0.29, 0.717) is 24.9 Å². The Balaban J connectivity index is 0.000000521. The summed E-state index contributed by atoms with van der Waals surface area (Å²) in [5.41, 5.74) is 2.44. The molecule has 0 aromatic heterocycles. The normalized spacial score (nSPS) is 20.8. The second kappa shape index (κ2) is 18.4. The SMILES string of the molecule is CCCCCC(O)CCC1OCC2Cc3c(cccc3OCC(=O)OOC)CC21.OCCNCCOF. The van der Waals surface area contributed by atoms with E-state index in [0.717, 1.165) is 50.9 Å². The second-order valence-corrected chi connectivity index (χ2v) is 9.52. The Morgan fingerprint density at radius 2 is 2.08 bits per heavy atom. The number of aliphatic hydroxyl groups is 2. The summed E-state index contributed by atoms with van der Waals surface area (Å²) in [5.74, 6) is 1.13. The average Bonchev–Trinajstić information content (AvgIpc) is 3.30. The third kappa shape index (κ3) is 11.2. The lowest BCUT2D eigenvalue weighted by atomic mass is 9.74. The first-order chi connectivity index (χ1) is 18.0. The van der Waals surface area contributed by atoms with Gasteiger partial charge in [0.1, 0.15) is 12.4 Å². The molecule has 212 valence electrons. The van der Waals surface area contributed by atoms with Crippen LogP contribution in [0.15, 0.2) is 18.2 Å². The number of carbonyl (C=O) groups is 1. The number of hydrogen-bond acceptors (Lipinski definition) is 9. The maximum Gasteiger partial charge on any atom is 0.379 e. The minimum atomic E-state index is -0.555. The van der Waals surface area contributed by atoms with E-state index < -0.39 is 5.97 Å². The van der Waals surface area contributed by atoms with Gasteiger partial charge in [-0.15, -0.1) is 0 Å². The molecule has 3 N–H and O–H groups in total. The molecule has 4 unspecified atom stereocenters. The number of benzene rings is 1. The Morgan fingerprint density at radius 3 is 2.81 bits per heavy atom. The maximum atomic E-state index is 11.5. The van der Waals surface area contributed by atoms with Crippen molar-refractivity contribution in [3.8, 4) is 5.75 Å². The maximum absolute atomic E-state index is 11.5. The fraction of sp³-hybridized carbons (Fsp3) is 0.741. The van der Waals surface area contributed by atoms with Gasteiger partial charge >= 0.3 is 5.97 Å². The van der Waals surface area contributed by atoms with Crippen molar-refractivity contribution in [2.75, 3.05) is 46.6 Å². The third-order valence-electron chi connectivity index (χ3n) is 6.85. The molecule has 0 spiro atoms. The van der Waals surface area contributed by atoms with Crippen LogP contribution in [0.25, 0.3) is 0 Å². The van der Waals surface area contributed by atoms with Gasteiger partial charge in [-0.25, -0.2) is 4.79 Å². The summed E-state index contributed by atoms with van der Waals surface area (Å²) in [7, 11) is 1.29. The summed E-state index contributed by atoms with van der Waals surface area (Å²) in [4.78, 5) is 23.6. The zero-order valence-corrected chi connectivity index (χ0v) is 22.2. The predicted molar refractivity (Wildman–Crippen MR) is 136 cm³/mol. The zero-order chi connectivity index (χ0) is 26.9. The molecule has 1 aromatic rings. The number of aliphatic hydroxyl groups excluding tert-OH is 2. The summed E-state index contributed by atoms with van der Waals surface area (Å²) in [6.07, 6.45) is 7.95. The van der Waals surface area contributed by atoms with Crippen LogP contribution in [0.2, 0.25) is 0 Å². The van der Waals surface area contributed by atoms with Crippen LogP contribution in [0.4, 0.5) is 4.53 Å². The van der Waals surface area contributed by atoms with Crippen molar-refractivity contribution in [1.29, 1.82) is 0 Å². The predicted octanol–water partition coefficient (Wildman–Crippen LogP) is 3.09. The first-order valence-corrected chi connectivity index (χ1v) is 13.4. The number of nitrogens with one attached hydrogen (secondary N) is 1. The third-order valence-corrected chi connectivity index (χ3v) is 6.85. The Labute approximate surface area is 219 Å². The van der Waals surface area contributed by atoms with E-state index in [2.05, 4.69) is 33.0 Å². The molecule has 1 aliphatic heterocycles. The number of halogens is 1. The summed E-state index contributed by atoms with van der Waals surface area (Å²) < 4.78 is 22.6. The molecule has 0 radical (unpaired) electrons. The lowest BCUT2D eigenvalue weighted by molar-refractivity contribution is -0.256. The molecule has 37 heavy (non-hydrogen) atoms. The minimum Gasteiger partial charge on any atom is -0.481 e. The van der Waals surface area contributed by atoms with Crippen molar-refractivity contribution in [3.05, 3.63) is 29.3 Å². The number of carbonyl (C=O) groups excluding carboxylic acids is 1. The Bertz CT molecular complexity index is 762. The van der Waals surface area contributed by atoms with Gasteiger partial charge < -0.3 is 25.0 Å². The highest BCUT2D eigenvalue weighted by molar-refractivity contribution is 5.70. The van der Waals surface area contributed by atoms with Crippen LogP contribution in [-0.4, -0.2) is 75.0 Å². The molecule has 1 fully saturated rings. The van der Waals surface area contributed by atoms with Crippen molar-refractivity contribution in [1.82, 2.24) is 5.32 Å². The smallest absolute Gasteiger partial charge is 0.379 e. The fourth-order valence-electron chi connectivity index (χ4n) is 4.99. The standard InChI is InChI=1S/C23H34O6.C4H10FNO2/c1-3-4-5-8-18(24)10-11-22-20-12-16-7-6-9-21(28-15-23(25)29-26-2)19(16)13-17(20)14-27-22;5-8-4-2-6-1-3-7/h6-7,9,17-18,20,22,24H,3-5,8,10-15H2,1-2H3;6-7H,1-4H2. The first kappa shape index (κ1) is 31.4. The molecule has 3 rings (SSSR count). The number of hydrogen-bond donors (Lipinski definition) is 3. The van der Waals surface area contributed by atoms with Crippen LogP contribution in [-0.2, 0) is 37.1 Å². The highest BCUT2D eigenvalue weighted by atomic mass is 19.3. The van der Waals surface area contributed by atoms with E-state index in [1.165, 1.54) is 31.1 Å². The molecule has 10 heteroatoms. The molecule has 1 heterocycles. The highest BCUT2D eigenvalue weighted by Crippen LogP contribution is 2.42. The molecule has 1 aromatic carbocycles. The van der Waals surface area contributed by atoms with Gasteiger partial charge in [-0.3, -0.25) is 4.89 Å². The van der Waals surface area contributed by atoms with Crippen LogP contribution in [0.1, 0.15) is 56.6 Å². The van der Waals surface area contributed by atoms with Crippen molar-refractivity contribution in [3.63, 3.8) is 0 Å².